The summed E-state index contributed by atoms with van der Waals surface area (Å²) in [6.45, 7) is 3.54. The van der Waals surface area contributed by atoms with Crippen molar-refractivity contribution in [2.75, 3.05) is 18.6 Å². The zero-order chi connectivity index (χ0) is 32.4. The second kappa shape index (κ2) is 16.1. The SMILES string of the molecule is CS(=O)(=O)C(CCCN)CCCCCCS.Cc1nnc(-c2cc(C(=O)O)c(=O)n(-c3cccc(C(F)(F)F)c3)c2C)o1. The number of thiol groups is 1. The zero-order valence-corrected chi connectivity index (χ0v) is 25.9. The number of hydrogen-bond acceptors (Lipinski definition) is 9. The highest BCUT2D eigenvalue weighted by atomic mass is 32.2. The monoisotopic (exact) mass is 646 g/mol. The standard InChI is InChI=1S/C17H12F3N3O4.C11H25NO2S2/c1-8-12(14-22-21-9(2)27-14)7-13(16(25)26)15(24)23(8)11-5-3-4-10(6-11)17(18,19)20;1-16(13,14)11(8-6-9-12)7-4-2-3-5-10-15/h3-7H,1-2H3,(H,25,26);11,15H,2-10,12H2,1H3. The van der Waals surface area contributed by atoms with E-state index in [4.69, 9.17) is 10.2 Å². The number of aryl methyl sites for hydroxylation is 1. The van der Waals surface area contributed by atoms with Crippen molar-refractivity contribution in [3.63, 3.8) is 0 Å². The molecule has 0 radical (unpaired) electrons. The van der Waals surface area contributed by atoms with Crippen LogP contribution in [-0.4, -0.2) is 58.1 Å². The van der Waals surface area contributed by atoms with E-state index in [0.29, 0.717) is 13.0 Å². The molecule has 0 fully saturated rings. The molecule has 0 aliphatic heterocycles. The number of sulfone groups is 1. The maximum atomic E-state index is 13.0. The Bertz CT molecular complexity index is 1540. The van der Waals surface area contributed by atoms with Gasteiger partial charge in [0.05, 0.1) is 16.4 Å². The van der Waals surface area contributed by atoms with Gasteiger partial charge in [-0.25, -0.2) is 13.2 Å². The van der Waals surface area contributed by atoms with Gasteiger partial charge in [0.2, 0.25) is 11.8 Å². The Morgan fingerprint density at radius 1 is 1.09 bits per heavy atom. The summed E-state index contributed by atoms with van der Waals surface area (Å²) in [7, 11) is -2.90. The number of carbonyl (C=O) groups is 1. The summed E-state index contributed by atoms with van der Waals surface area (Å²) in [6.07, 6.45) is 3.38. The summed E-state index contributed by atoms with van der Waals surface area (Å²) in [5.41, 5.74) is 2.99. The van der Waals surface area contributed by atoms with Gasteiger partial charge in [-0.3, -0.25) is 9.36 Å². The van der Waals surface area contributed by atoms with Crippen LogP contribution in [0, 0.1) is 13.8 Å². The second-order valence-corrected chi connectivity index (χ2v) is 12.8. The summed E-state index contributed by atoms with van der Waals surface area (Å²) in [6, 6.07) is 5.10. The van der Waals surface area contributed by atoms with Gasteiger partial charge in [-0.15, -0.1) is 10.2 Å². The molecule has 238 valence electrons. The number of hydrogen-bond donors (Lipinski definition) is 3. The van der Waals surface area contributed by atoms with Crippen molar-refractivity contribution >= 4 is 28.4 Å². The van der Waals surface area contributed by atoms with Crippen molar-refractivity contribution < 1.29 is 35.9 Å². The van der Waals surface area contributed by atoms with Gasteiger partial charge in [0.25, 0.3) is 5.56 Å². The lowest BCUT2D eigenvalue weighted by atomic mass is 10.1. The number of carboxylic acid groups (broad SMARTS) is 1. The van der Waals surface area contributed by atoms with Crippen LogP contribution in [0.5, 0.6) is 0 Å². The quantitative estimate of drug-likeness (QED) is 0.167. The predicted octanol–water partition coefficient (Wildman–Crippen LogP) is 5.24. The minimum absolute atomic E-state index is 0.0479. The number of aromatic nitrogens is 3. The number of pyridine rings is 1. The molecule has 10 nitrogen and oxygen atoms in total. The van der Waals surface area contributed by atoms with Gasteiger partial charge >= 0.3 is 12.1 Å². The van der Waals surface area contributed by atoms with E-state index in [-0.39, 0.29) is 34.0 Å². The van der Waals surface area contributed by atoms with Gasteiger partial charge in [0.15, 0.2) is 0 Å². The minimum atomic E-state index is -4.62. The number of benzene rings is 1. The normalized spacial score (nSPS) is 12.5. The van der Waals surface area contributed by atoms with Crippen LogP contribution in [0.1, 0.15) is 72.5 Å². The molecular formula is C28H37F3N4O6S2. The average Bonchev–Trinajstić information content (AvgIpc) is 3.35. The molecule has 0 saturated carbocycles. The number of aromatic carboxylic acids is 1. The molecule has 1 unspecified atom stereocenters. The van der Waals surface area contributed by atoms with E-state index in [1.54, 1.807) is 0 Å². The van der Waals surface area contributed by atoms with E-state index >= 15 is 0 Å². The topological polar surface area (TPSA) is 158 Å². The highest BCUT2D eigenvalue weighted by Crippen LogP contribution is 2.31. The molecule has 3 N–H and O–H groups in total. The first-order valence-corrected chi connectivity index (χ1v) is 16.2. The Morgan fingerprint density at radius 3 is 2.28 bits per heavy atom. The largest absolute Gasteiger partial charge is 0.477 e. The Hall–Kier alpha value is -3.17. The van der Waals surface area contributed by atoms with Crippen molar-refractivity contribution in [3.05, 3.63) is 63.4 Å². The summed E-state index contributed by atoms with van der Waals surface area (Å²) in [5.74, 6) is -0.451. The Balaban J connectivity index is 0.000000347. The van der Waals surface area contributed by atoms with Gasteiger partial charge in [0, 0.05) is 24.6 Å². The fraction of sp³-hybridized carbons (Fsp3) is 0.500. The van der Waals surface area contributed by atoms with E-state index in [2.05, 4.69) is 22.8 Å². The van der Waals surface area contributed by atoms with Crippen LogP contribution in [0.25, 0.3) is 17.1 Å². The highest BCUT2D eigenvalue weighted by molar-refractivity contribution is 7.91. The van der Waals surface area contributed by atoms with E-state index in [1.165, 1.54) is 26.2 Å². The molecule has 0 aliphatic rings. The molecule has 0 bridgehead atoms. The van der Waals surface area contributed by atoms with E-state index in [1.807, 2.05) is 0 Å². The molecule has 2 aromatic heterocycles. The number of unbranched alkanes of at least 4 members (excludes halogenated alkanes) is 3. The number of rotatable bonds is 13. The van der Waals surface area contributed by atoms with Crippen molar-refractivity contribution in [2.45, 2.75) is 70.2 Å². The van der Waals surface area contributed by atoms with Gasteiger partial charge in [-0.2, -0.15) is 25.8 Å². The molecule has 1 atom stereocenters. The van der Waals surface area contributed by atoms with Crippen molar-refractivity contribution in [2.24, 2.45) is 5.73 Å². The lowest BCUT2D eigenvalue weighted by Gasteiger charge is -2.15. The minimum Gasteiger partial charge on any atom is -0.477 e. The Kier molecular flexibility index (Phi) is 13.5. The van der Waals surface area contributed by atoms with E-state index in [0.717, 1.165) is 73.1 Å². The first kappa shape index (κ1) is 36.0. The summed E-state index contributed by atoms with van der Waals surface area (Å²) >= 11 is 4.15. The van der Waals surface area contributed by atoms with Gasteiger partial charge < -0.3 is 15.3 Å². The highest BCUT2D eigenvalue weighted by Gasteiger charge is 2.31. The first-order valence-electron chi connectivity index (χ1n) is 13.6. The van der Waals surface area contributed by atoms with Crippen LogP contribution >= 0.6 is 12.6 Å². The van der Waals surface area contributed by atoms with Crippen molar-refractivity contribution in [1.29, 1.82) is 0 Å². The van der Waals surface area contributed by atoms with Crippen molar-refractivity contribution in [3.8, 4) is 17.1 Å². The number of nitrogens with two attached hydrogens (primary N) is 1. The van der Waals surface area contributed by atoms with Crippen molar-refractivity contribution in [1.82, 2.24) is 14.8 Å². The third kappa shape index (κ3) is 10.5. The molecule has 1 aromatic carbocycles. The van der Waals surface area contributed by atoms with Crippen LogP contribution in [0.4, 0.5) is 13.2 Å². The molecular weight excluding hydrogens is 609 g/mol. The molecule has 0 amide bonds. The first-order chi connectivity index (χ1) is 20.1. The maximum Gasteiger partial charge on any atom is 0.416 e. The van der Waals surface area contributed by atoms with Crippen LogP contribution < -0.4 is 11.3 Å². The number of alkyl halides is 3. The average molecular weight is 647 g/mol. The molecule has 43 heavy (non-hydrogen) atoms. The lowest BCUT2D eigenvalue weighted by Crippen LogP contribution is -2.27. The molecule has 0 spiro atoms. The van der Waals surface area contributed by atoms with E-state index in [9.17, 15) is 36.3 Å². The second-order valence-electron chi connectivity index (χ2n) is 9.99. The smallest absolute Gasteiger partial charge is 0.416 e. The lowest BCUT2D eigenvalue weighted by molar-refractivity contribution is -0.137. The molecule has 0 aliphatic carbocycles. The predicted molar refractivity (Wildman–Crippen MR) is 161 cm³/mol. The fourth-order valence-corrected chi connectivity index (χ4v) is 5.78. The molecule has 0 saturated heterocycles. The molecule has 15 heteroatoms. The molecule has 3 rings (SSSR count). The van der Waals surface area contributed by atoms with Gasteiger partial charge in [0.1, 0.15) is 15.4 Å². The molecule has 3 aromatic rings. The summed E-state index contributed by atoms with van der Waals surface area (Å²) < 4.78 is 68.2. The Labute approximate surface area is 253 Å². The number of carboxylic acids is 1. The van der Waals surface area contributed by atoms with Crippen LogP contribution in [-0.2, 0) is 16.0 Å². The van der Waals surface area contributed by atoms with Crippen LogP contribution in [0.2, 0.25) is 0 Å². The number of nitrogens with zero attached hydrogens (tertiary/aromatic N) is 3. The fourth-order valence-electron chi connectivity index (χ4n) is 4.37. The Morgan fingerprint density at radius 2 is 1.74 bits per heavy atom. The van der Waals surface area contributed by atoms with E-state index < -0.39 is 38.7 Å². The third-order valence-corrected chi connectivity index (χ3v) is 8.63. The summed E-state index contributed by atoms with van der Waals surface area (Å²) in [4.78, 5) is 24.1. The van der Waals surface area contributed by atoms with Crippen LogP contribution in [0.15, 0.2) is 39.5 Å². The molecule has 2 heterocycles. The van der Waals surface area contributed by atoms with Crippen LogP contribution in [0.3, 0.4) is 0 Å². The maximum absolute atomic E-state index is 13.0. The third-order valence-electron chi connectivity index (χ3n) is 6.64. The summed E-state index contributed by atoms with van der Waals surface area (Å²) in [5, 5.41) is 16.6. The zero-order valence-electron chi connectivity index (χ0n) is 24.2. The van der Waals surface area contributed by atoms with Gasteiger partial charge in [-0.05, 0) is 69.2 Å². The number of halogens is 3. The van der Waals surface area contributed by atoms with Gasteiger partial charge in [-0.1, -0.05) is 25.3 Å².